The van der Waals surface area contributed by atoms with Gasteiger partial charge in [-0.3, -0.25) is 0 Å². The summed E-state index contributed by atoms with van der Waals surface area (Å²) in [5.74, 6) is 2.19. The van der Waals surface area contributed by atoms with Crippen molar-refractivity contribution in [3.8, 4) is 17.2 Å². The molecule has 2 aromatic carbocycles. The molecule has 140 valence electrons. The Morgan fingerprint density at radius 1 is 1.00 bits per heavy atom. The van der Waals surface area contributed by atoms with E-state index in [4.69, 9.17) is 9.47 Å². The summed E-state index contributed by atoms with van der Waals surface area (Å²) in [5.41, 5.74) is 2.14. The molecule has 0 saturated heterocycles. The summed E-state index contributed by atoms with van der Waals surface area (Å²) in [6.07, 6.45) is 0.887. The summed E-state index contributed by atoms with van der Waals surface area (Å²) in [6, 6.07) is 13.3. The number of hydrogen-bond donors (Lipinski definition) is 3. The fraction of sp³-hybridized carbons (Fsp3) is 0.350. The second-order valence-corrected chi connectivity index (χ2v) is 5.73. The minimum absolute atomic E-state index is 0.123. The first-order chi connectivity index (χ1) is 12.7. The van der Waals surface area contributed by atoms with Crippen LogP contribution in [-0.4, -0.2) is 38.4 Å². The minimum Gasteiger partial charge on any atom is -0.504 e. The number of rotatable bonds is 8. The van der Waals surface area contributed by atoms with Crippen LogP contribution in [0.15, 0.2) is 47.5 Å². The third-order valence-electron chi connectivity index (χ3n) is 3.87. The number of hydrogen-bond acceptors (Lipinski definition) is 4. The molecule has 0 fully saturated rings. The quantitative estimate of drug-likeness (QED) is 0.500. The molecule has 0 spiro atoms. The number of phenolic OH excluding ortho intramolecular Hbond substituents is 1. The summed E-state index contributed by atoms with van der Waals surface area (Å²) in [6.45, 7) is 4.05. The maximum atomic E-state index is 9.85. The van der Waals surface area contributed by atoms with Crippen LogP contribution in [0.4, 0.5) is 0 Å². The zero-order valence-corrected chi connectivity index (χ0v) is 15.6. The maximum absolute atomic E-state index is 9.85. The lowest BCUT2D eigenvalue weighted by Gasteiger charge is -2.12. The van der Waals surface area contributed by atoms with E-state index in [0.717, 1.165) is 36.8 Å². The van der Waals surface area contributed by atoms with E-state index >= 15 is 0 Å². The predicted molar refractivity (Wildman–Crippen MR) is 104 cm³/mol. The van der Waals surface area contributed by atoms with Crippen molar-refractivity contribution in [3.63, 3.8) is 0 Å². The number of nitrogens with one attached hydrogen (secondary N) is 2. The van der Waals surface area contributed by atoms with E-state index in [-0.39, 0.29) is 5.75 Å². The Morgan fingerprint density at radius 3 is 2.35 bits per heavy atom. The lowest BCUT2D eigenvalue weighted by atomic mass is 10.1. The van der Waals surface area contributed by atoms with Crippen LogP contribution < -0.4 is 20.1 Å². The Kier molecular flexibility index (Phi) is 7.61. The molecule has 2 rings (SSSR count). The Labute approximate surface area is 154 Å². The molecule has 0 atom stereocenters. The van der Waals surface area contributed by atoms with Gasteiger partial charge in [0.2, 0.25) is 0 Å². The number of nitrogens with zero attached hydrogens (tertiary/aromatic N) is 1. The van der Waals surface area contributed by atoms with Gasteiger partial charge in [-0.05, 0) is 48.7 Å². The fourth-order valence-corrected chi connectivity index (χ4v) is 2.46. The van der Waals surface area contributed by atoms with Crippen LogP contribution in [-0.2, 0) is 13.0 Å². The van der Waals surface area contributed by atoms with Gasteiger partial charge in [-0.2, -0.15) is 0 Å². The minimum atomic E-state index is 0.123. The summed E-state index contributed by atoms with van der Waals surface area (Å²) in [4.78, 5) is 4.56. The van der Waals surface area contributed by atoms with E-state index in [9.17, 15) is 5.11 Å². The molecule has 6 nitrogen and oxygen atoms in total. The van der Waals surface area contributed by atoms with Crippen LogP contribution in [0, 0.1) is 0 Å². The Hall–Kier alpha value is -2.89. The first-order valence-electron chi connectivity index (χ1n) is 8.67. The van der Waals surface area contributed by atoms with E-state index in [0.29, 0.717) is 12.3 Å². The number of phenols is 1. The van der Waals surface area contributed by atoms with E-state index in [1.54, 1.807) is 19.2 Å². The second kappa shape index (κ2) is 10.2. The molecular weight excluding hydrogens is 330 g/mol. The Balaban J connectivity index is 1.90. The van der Waals surface area contributed by atoms with Gasteiger partial charge in [0, 0.05) is 13.1 Å². The van der Waals surface area contributed by atoms with E-state index in [1.807, 2.05) is 25.1 Å². The van der Waals surface area contributed by atoms with Crippen molar-refractivity contribution in [2.45, 2.75) is 19.9 Å². The monoisotopic (exact) mass is 357 g/mol. The topological polar surface area (TPSA) is 75.1 Å². The largest absolute Gasteiger partial charge is 0.504 e. The Morgan fingerprint density at radius 2 is 1.73 bits per heavy atom. The molecule has 0 aliphatic heterocycles. The van der Waals surface area contributed by atoms with Crippen LogP contribution in [0.3, 0.4) is 0 Å². The van der Waals surface area contributed by atoms with Gasteiger partial charge in [0.05, 0.1) is 20.8 Å². The molecule has 0 saturated carbocycles. The van der Waals surface area contributed by atoms with Gasteiger partial charge in [-0.1, -0.05) is 18.2 Å². The van der Waals surface area contributed by atoms with Crippen LogP contribution in [0.2, 0.25) is 0 Å². The van der Waals surface area contributed by atoms with Crippen molar-refractivity contribution in [2.24, 2.45) is 4.99 Å². The van der Waals surface area contributed by atoms with Crippen molar-refractivity contribution in [2.75, 3.05) is 27.3 Å². The van der Waals surface area contributed by atoms with Gasteiger partial charge in [0.25, 0.3) is 0 Å². The molecule has 0 aromatic heterocycles. The van der Waals surface area contributed by atoms with Crippen molar-refractivity contribution in [3.05, 3.63) is 53.6 Å². The molecular formula is C20H27N3O3. The molecule has 2 aromatic rings. The zero-order chi connectivity index (χ0) is 18.8. The third kappa shape index (κ3) is 5.88. The summed E-state index contributed by atoms with van der Waals surface area (Å²) in [7, 11) is 3.20. The SMILES string of the molecule is CCNC(=NCc1ccc(OC)c(O)c1)NCCc1ccc(OC)cc1. The smallest absolute Gasteiger partial charge is 0.191 e. The van der Waals surface area contributed by atoms with E-state index < -0.39 is 0 Å². The van der Waals surface area contributed by atoms with Crippen LogP contribution in [0.5, 0.6) is 17.2 Å². The number of methoxy groups -OCH3 is 2. The highest BCUT2D eigenvalue weighted by Gasteiger charge is 2.03. The van der Waals surface area contributed by atoms with Crippen molar-refractivity contribution in [1.82, 2.24) is 10.6 Å². The summed E-state index contributed by atoms with van der Waals surface area (Å²) < 4.78 is 10.2. The maximum Gasteiger partial charge on any atom is 0.191 e. The second-order valence-electron chi connectivity index (χ2n) is 5.73. The van der Waals surface area contributed by atoms with Gasteiger partial charge in [0.1, 0.15) is 5.75 Å². The highest BCUT2D eigenvalue weighted by molar-refractivity contribution is 5.79. The normalized spacial score (nSPS) is 11.1. The van der Waals surface area contributed by atoms with Gasteiger partial charge in [-0.25, -0.2) is 4.99 Å². The van der Waals surface area contributed by atoms with Gasteiger partial charge >= 0.3 is 0 Å². The lowest BCUT2D eigenvalue weighted by molar-refractivity contribution is 0.373. The van der Waals surface area contributed by atoms with E-state index in [2.05, 4.69) is 27.8 Å². The molecule has 26 heavy (non-hydrogen) atoms. The fourth-order valence-electron chi connectivity index (χ4n) is 2.46. The van der Waals surface area contributed by atoms with E-state index in [1.165, 1.54) is 12.7 Å². The molecule has 6 heteroatoms. The zero-order valence-electron chi connectivity index (χ0n) is 15.6. The van der Waals surface area contributed by atoms with Crippen LogP contribution >= 0.6 is 0 Å². The van der Waals surface area contributed by atoms with Gasteiger partial charge in [0.15, 0.2) is 17.5 Å². The third-order valence-corrected chi connectivity index (χ3v) is 3.87. The average molecular weight is 357 g/mol. The van der Waals surface area contributed by atoms with Crippen LogP contribution in [0.1, 0.15) is 18.1 Å². The van der Waals surface area contributed by atoms with Crippen molar-refractivity contribution >= 4 is 5.96 Å². The number of guanidine groups is 1. The van der Waals surface area contributed by atoms with Gasteiger partial charge < -0.3 is 25.2 Å². The number of aromatic hydroxyl groups is 1. The molecule has 0 aliphatic carbocycles. The van der Waals surface area contributed by atoms with Crippen LogP contribution in [0.25, 0.3) is 0 Å². The lowest BCUT2D eigenvalue weighted by Crippen LogP contribution is -2.38. The predicted octanol–water partition coefficient (Wildman–Crippen LogP) is 2.71. The summed E-state index contributed by atoms with van der Waals surface area (Å²) >= 11 is 0. The molecule has 0 heterocycles. The summed E-state index contributed by atoms with van der Waals surface area (Å²) in [5, 5.41) is 16.4. The molecule has 0 radical (unpaired) electrons. The molecule has 3 N–H and O–H groups in total. The molecule has 0 amide bonds. The number of benzene rings is 2. The van der Waals surface area contributed by atoms with Gasteiger partial charge in [-0.15, -0.1) is 0 Å². The average Bonchev–Trinajstić information content (AvgIpc) is 2.66. The first kappa shape index (κ1) is 19.4. The molecule has 0 unspecified atom stereocenters. The number of aliphatic imine (C=N–C) groups is 1. The molecule has 0 aliphatic rings. The highest BCUT2D eigenvalue weighted by atomic mass is 16.5. The standard InChI is InChI=1S/C20H27N3O3/c1-4-21-20(22-12-11-15-5-8-17(25-2)9-6-15)23-14-16-7-10-19(26-3)18(24)13-16/h5-10,13,24H,4,11-12,14H2,1-3H3,(H2,21,22,23). The first-order valence-corrected chi connectivity index (χ1v) is 8.67. The molecule has 0 bridgehead atoms. The Bertz CT molecular complexity index is 715. The number of ether oxygens (including phenoxy) is 2. The highest BCUT2D eigenvalue weighted by Crippen LogP contribution is 2.26. The van der Waals surface area contributed by atoms with Crippen molar-refractivity contribution < 1.29 is 14.6 Å². The van der Waals surface area contributed by atoms with Crippen molar-refractivity contribution in [1.29, 1.82) is 0 Å².